The third-order valence-electron chi connectivity index (χ3n) is 3.26. The quantitative estimate of drug-likeness (QED) is 0.878. The molecule has 0 saturated heterocycles. The van der Waals surface area contributed by atoms with Gasteiger partial charge >= 0.3 is 5.97 Å². The fraction of sp³-hybridized carbons (Fsp3) is 0.231. The Morgan fingerprint density at radius 2 is 2.12 bits per heavy atom. The van der Waals surface area contributed by atoms with Crippen molar-refractivity contribution in [1.29, 1.82) is 0 Å². The third-order valence-corrected chi connectivity index (χ3v) is 3.26. The minimum atomic E-state index is -0.767. The van der Waals surface area contributed by atoms with Crippen LogP contribution in [0.5, 0.6) is 0 Å². The van der Waals surface area contributed by atoms with Crippen molar-refractivity contribution >= 4 is 5.97 Å². The molecule has 1 aliphatic rings. The van der Waals surface area contributed by atoms with Gasteiger partial charge in [0.25, 0.3) is 0 Å². The molecule has 0 unspecified atom stereocenters. The Hall–Kier alpha value is -2.10. The molecule has 2 aromatic rings. The monoisotopic (exact) mass is 229 g/mol. The number of carboxylic acid groups (broad SMARTS) is 1. The van der Waals surface area contributed by atoms with Crippen LogP contribution >= 0.6 is 0 Å². The van der Waals surface area contributed by atoms with Gasteiger partial charge in [0.05, 0.1) is 11.6 Å². The number of hydrogen-bond donors (Lipinski definition) is 1. The Bertz CT molecular complexity index is 556. The summed E-state index contributed by atoms with van der Waals surface area (Å²) in [5.41, 5.74) is 0.845. The van der Waals surface area contributed by atoms with Gasteiger partial charge in [-0.25, -0.2) is 4.98 Å². The highest BCUT2D eigenvalue weighted by Crippen LogP contribution is 2.51. The van der Waals surface area contributed by atoms with Crippen molar-refractivity contribution in [3.8, 4) is 11.5 Å². The van der Waals surface area contributed by atoms with Crippen LogP contribution in [0.25, 0.3) is 11.5 Å². The van der Waals surface area contributed by atoms with Gasteiger partial charge in [-0.3, -0.25) is 4.79 Å². The summed E-state index contributed by atoms with van der Waals surface area (Å²) in [6.07, 6.45) is 4.42. The predicted molar refractivity (Wildman–Crippen MR) is 60.5 cm³/mol. The summed E-state index contributed by atoms with van der Waals surface area (Å²) in [4.78, 5) is 15.4. The topological polar surface area (TPSA) is 63.3 Å². The van der Waals surface area contributed by atoms with E-state index in [0.717, 1.165) is 11.1 Å². The fourth-order valence-electron chi connectivity index (χ4n) is 2.17. The zero-order chi connectivity index (χ0) is 11.9. The molecule has 0 bridgehead atoms. The van der Waals surface area contributed by atoms with Crippen LogP contribution in [-0.4, -0.2) is 16.1 Å². The number of carboxylic acids is 1. The van der Waals surface area contributed by atoms with Crippen molar-refractivity contribution in [1.82, 2.24) is 4.98 Å². The average Bonchev–Trinajstić information content (AvgIpc) is 2.98. The zero-order valence-electron chi connectivity index (χ0n) is 9.09. The van der Waals surface area contributed by atoms with Crippen molar-refractivity contribution < 1.29 is 14.3 Å². The minimum absolute atomic E-state index is 0.480. The van der Waals surface area contributed by atoms with Crippen LogP contribution in [0, 0.1) is 0 Å². The first-order valence-corrected chi connectivity index (χ1v) is 5.47. The van der Waals surface area contributed by atoms with E-state index in [-0.39, 0.29) is 0 Å². The molecule has 1 saturated carbocycles. The second-order valence-electron chi connectivity index (χ2n) is 4.27. The summed E-state index contributed by atoms with van der Waals surface area (Å²) in [7, 11) is 0. The van der Waals surface area contributed by atoms with Crippen LogP contribution in [0.15, 0.2) is 41.1 Å². The van der Waals surface area contributed by atoms with E-state index in [0.29, 0.717) is 18.7 Å². The molecule has 1 fully saturated rings. The second-order valence-corrected chi connectivity index (χ2v) is 4.27. The Kier molecular flexibility index (Phi) is 2.04. The van der Waals surface area contributed by atoms with Gasteiger partial charge < -0.3 is 9.52 Å². The standard InChI is InChI=1S/C13H11NO3/c15-12(16)13(5-6-13)10-4-2-1-3-9(10)11-14-7-8-17-11/h1-4,7-8H,5-6H2,(H,15,16). The maximum absolute atomic E-state index is 11.4. The van der Waals surface area contributed by atoms with E-state index in [1.165, 1.54) is 6.26 Å². The molecule has 4 nitrogen and oxygen atoms in total. The highest BCUT2D eigenvalue weighted by Gasteiger charge is 2.53. The summed E-state index contributed by atoms with van der Waals surface area (Å²) >= 11 is 0. The number of benzene rings is 1. The molecule has 1 aromatic carbocycles. The Morgan fingerprint density at radius 3 is 2.71 bits per heavy atom. The van der Waals surface area contributed by atoms with Crippen LogP contribution in [0.2, 0.25) is 0 Å². The molecule has 86 valence electrons. The normalized spacial score (nSPS) is 16.7. The molecule has 0 radical (unpaired) electrons. The highest BCUT2D eigenvalue weighted by molar-refractivity contribution is 5.87. The van der Waals surface area contributed by atoms with E-state index in [9.17, 15) is 9.90 Å². The van der Waals surface area contributed by atoms with Crippen molar-refractivity contribution in [3.05, 3.63) is 42.3 Å². The van der Waals surface area contributed by atoms with Crippen molar-refractivity contribution in [2.24, 2.45) is 0 Å². The number of aromatic nitrogens is 1. The number of oxazole rings is 1. The van der Waals surface area contributed by atoms with Crippen LogP contribution in [0.1, 0.15) is 18.4 Å². The van der Waals surface area contributed by atoms with E-state index >= 15 is 0 Å². The van der Waals surface area contributed by atoms with Gasteiger partial charge in [-0.05, 0) is 24.5 Å². The van der Waals surface area contributed by atoms with Crippen LogP contribution in [-0.2, 0) is 10.2 Å². The van der Waals surface area contributed by atoms with Gasteiger partial charge in [-0.2, -0.15) is 0 Å². The van der Waals surface area contributed by atoms with Crippen molar-refractivity contribution in [3.63, 3.8) is 0 Å². The average molecular weight is 229 g/mol. The molecule has 1 N–H and O–H groups in total. The van der Waals surface area contributed by atoms with Crippen molar-refractivity contribution in [2.75, 3.05) is 0 Å². The Morgan fingerprint density at radius 1 is 1.35 bits per heavy atom. The highest BCUT2D eigenvalue weighted by atomic mass is 16.4. The maximum Gasteiger partial charge on any atom is 0.314 e. The second kappa shape index (κ2) is 3.45. The summed E-state index contributed by atoms with van der Waals surface area (Å²) in [5.74, 6) is -0.287. The Balaban J connectivity index is 2.15. The Labute approximate surface area is 97.9 Å². The maximum atomic E-state index is 11.4. The molecule has 0 aliphatic heterocycles. The lowest BCUT2D eigenvalue weighted by atomic mass is 9.91. The van der Waals surface area contributed by atoms with Gasteiger partial charge in [0, 0.05) is 5.56 Å². The molecule has 4 heteroatoms. The van der Waals surface area contributed by atoms with Gasteiger partial charge in [-0.15, -0.1) is 0 Å². The summed E-state index contributed by atoms with van der Waals surface area (Å²) in [6, 6.07) is 7.41. The van der Waals surface area contributed by atoms with Gasteiger partial charge in [0.2, 0.25) is 5.89 Å². The fourth-order valence-corrected chi connectivity index (χ4v) is 2.17. The summed E-state index contributed by atoms with van der Waals surface area (Å²) in [6.45, 7) is 0. The van der Waals surface area contributed by atoms with E-state index in [4.69, 9.17) is 4.42 Å². The summed E-state index contributed by atoms with van der Waals surface area (Å²) < 4.78 is 5.26. The van der Waals surface area contributed by atoms with Gasteiger partial charge in [-0.1, -0.05) is 18.2 Å². The molecular weight excluding hydrogens is 218 g/mol. The van der Waals surface area contributed by atoms with E-state index in [1.807, 2.05) is 24.3 Å². The van der Waals surface area contributed by atoms with Crippen LogP contribution < -0.4 is 0 Å². The van der Waals surface area contributed by atoms with Crippen LogP contribution in [0.3, 0.4) is 0 Å². The number of aliphatic carboxylic acids is 1. The lowest BCUT2D eigenvalue weighted by Gasteiger charge is -2.13. The van der Waals surface area contributed by atoms with E-state index in [1.54, 1.807) is 6.20 Å². The smallest absolute Gasteiger partial charge is 0.314 e. The molecule has 3 rings (SSSR count). The number of rotatable bonds is 3. The molecule has 0 spiro atoms. The molecular formula is C13H11NO3. The van der Waals surface area contributed by atoms with Gasteiger partial charge in [0.15, 0.2) is 0 Å². The third kappa shape index (κ3) is 1.45. The molecule has 0 amide bonds. The molecule has 1 aliphatic carbocycles. The first-order chi connectivity index (χ1) is 8.24. The number of hydrogen-bond acceptors (Lipinski definition) is 3. The molecule has 1 heterocycles. The lowest BCUT2D eigenvalue weighted by molar-refractivity contribution is -0.140. The zero-order valence-corrected chi connectivity index (χ0v) is 9.09. The number of nitrogens with zero attached hydrogens (tertiary/aromatic N) is 1. The van der Waals surface area contributed by atoms with Crippen molar-refractivity contribution in [2.45, 2.75) is 18.3 Å². The number of carbonyl (C=O) groups is 1. The lowest BCUT2D eigenvalue weighted by Crippen LogP contribution is -2.20. The largest absolute Gasteiger partial charge is 0.481 e. The molecule has 0 atom stereocenters. The van der Waals surface area contributed by atoms with E-state index < -0.39 is 11.4 Å². The van der Waals surface area contributed by atoms with Crippen LogP contribution in [0.4, 0.5) is 0 Å². The molecule has 17 heavy (non-hydrogen) atoms. The SMILES string of the molecule is O=C(O)C1(c2ccccc2-c2ncco2)CC1. The first kappa shape index (κ1) is 10.1. The first-order valence-electron chi connectivity index (χ1n) is 5.47. The molecule has 1 aromatic heterocycles. The van der Waals surface area contributed by atoms with E-state index in [2.05, 4.69) is 4.98 Å². The predicted octanol–water partition coefficient (Wildman–Crippen LogP) is 2.46. The summed E-state index contributed by atoms with van der Waals surface area (Å²) in [5, 5.41) is 9.33. The van der Waals surface area contributed by atoms with Gasteiger partial charge in [0.1, 0.15) is 6.26 Å². The minimum Gasteiger partial charge on any atom is -0.481 e.